The zero-order valence-electron chi connectivity index (χ0n) is 19.6. The van der Waals surface area contributed by atoms with Crippen molar-refractivity contribution >= 4 is 32.7 Å². The molecule has 0 fully saturated rings. The van der Waals surface area contributed by atoms with Crippen molar-refractivity contribution in [1.82, 2.24) is 0 Å². The molecule has 206 valence electrons. The number of hydrogen-bond acceptors (Lipinski definition) is 0. The van der Waals surface area contributed by atoms with Crippen LogP contribution in [0.3, 0.4) is 0 Å². The third-order valence-corrected chi connectivity index (χ3v) is 6.00. The van der Waals surface area contributed by atoms with Crippen LogP contribution in [-0.4, -0.2) is 21.8 Å². The molecular weight excluding hydrogens is 545 g/mol. The molecule has 3 rings (SSSR count). The zero-order valence-corrected chi connectivity index (χ0v) is 20.4. The molecule has 0 saturated heterocycles. The van der Waals surface area contributed by atoms with Crippen LogP contribution in [0.1, 0.15) is 16.7 Å². The molecule has 0 nitrogen and oxygen atoms in total. The molecule has 37 heavy (non-hydrogen) atoms. The van der Waals surface area contributed by atoms with Gasteiger partial charge in [0.2, 0.25) is 0 Å². The summed E-state index contributed by atoms with van der Waals surface area (Å²) in [6.45, 7) is 6.42. The summed E-state index contributed by atoms with van der Waals surface area (Å²) in [5.41, 5.74) is 3.92. The fourth-order valence-electron chi connectivity index (χ4n) is 2.43. The summed E-state index contributed by atoms with van der Waals surface area (Å²) in [6.07, 6.45) is 0. The maximum atomic E-state index is 9.75. The summed E-state index contributed by atoms with van der Waals surface area (Å²) >= 11 is 0. The predicted octanol–water partition coefficient (Wildman–Crippen LogP) is 9.61. The molecule has 0 N–H and O–H groups in total. The molecule has 3 aromatic rings. The van der Waals surface area contributed by atoms with Crippen molar-refractivity contribution < 1.29 is 51.8 Å². The fourth-order valence-corrected chi connectivity index (χ4v) is 4.47. The van der Waals surface area contributed by atoms with E-state index in [4.69, 9.17) is 0 Å². The third kappa shape index (κ3) is 21.2. The molecule has 0 unspecified atom stereocenters. The maximum Gasteiger partial charge on any atom is 0.673 e. The van der Waals surface area contributed by atoms with Gasteiger partial charge >= 0.3 is 21.8 Å². The molecule has 3 aromatic carbocycles. The van der Waals surface area contributed by atoms with E-state index in [0.717, 1.165) is 0 Å². The van der Waals surface area contributed by atoms with Gasteiger partial charge in [0.25, 0.3) is 0 Å². The molecule has 0 spiro atoms. The van der Waals surface area contributed by atoms with Crippen molar-refractivity contribution in [3.8, 4) is 0 Å². The fraction of sp³-hybridized carbons (Fsp3) is 0.143. The first-order valence-corrected chi connectivity index (χ1v) is 11.4. The molecule has 0 aliphatic rings. The van der Waals surface area contributed by atoms with Crippen LogP contribution in [0.4, 0.5) is 51.8 Å². The van der Waals surface area contributed by atoms with Crippen LogP contribution in [-0.2, 0) is 10.9 Å². The van der Waals surface area contributed by atoms with Gasteiger partial charge in [-0.1, -0.05) is 53.1 Å². The Balaban J connectivity index is 0.000000711. The Kier molecular flexibility index (Phi) is 13.9. The van der Waals surface area contributed by atoms with Crippen molar-refractivity contribution in [2.75, 3.05) is 0 Å². The summed E-state index contributed by atoms with van der Waals surface area (Å²) in [5, 5.41) is 0. The molecule has 0 amide bonds. The second-order valence-electron chi connectivity index (χ2n) is 7.23. The number of halogens is 12. The molecular formula is C21H21B3F12S-2. The van der Waals surface area contributed by atoms with Gasteiger partial charge in [0.05, 0.1) is 10.9 Å². The van der Waals surface area contributed by atoms with Crippen molar-refractivity contribution in [2.45, 2.75) is 35.5 Å². The highest BCUT2D eigenvalue weighted by Crippen LogP contribution is 2.31. The second-order valence-corrected chi connectivity index (χ2v) is 9.26. The Morgan fingerprint density at radius 3 is 0.622 bits per heavy atom. The topological polar surface area (TPSA) is 0 Å². The molecule has 0 saturated carbocycles. The highest BCUT2D eigenvalue weighted by molar-refractivity contribution is 7.97. The first-order chi connectivity index (χ1) is 16.6. The minimum atomic E-state index is -6.00. The van der Waals surface area contributed by atoms with E-state index in [1.165, 1.54) is 31.4 Å². The van der Waals surface area contributed by atoms with Gasteiger partial charge in [-0.2, -0.15) is 0 Å². The van der Waals surface area contributed by atoms with E-state index in [-0.39, 0.29) is 10.9 Å². The molecule has 0 bridgehead atoms. The molecule has 0 aliphatic carbocycles. The standard InChI is InChI=1S/C21H21S.3BF4/c1-16-4-10-19(11-5-16)22(20-12-6-17(2)7-13-20)21-14-8-18(3)9-15-21;3*2-1(3,4)5/h4-15H,1-3H3;;;/q+1;3*-1. The van der Waals surface area contributed by atoms with Crippen LogP contribution in [0.25, 0.3) is 0 Å². The summed E-state index contributed by atoms with van der Waals surface area (Å²) < 4.78 is 117. The van der Waals surface area contributed by atoms with Crippen molar-refractivity contribution in [3.63, 3.8) is 0 Å². The highest BCUT2D eigenvalue weighted by atomic mass is 32.2. The lowest BCUT2D eigenvalue weighted by Gasteiger charge is -2.09. The molecule has 0 radical (unpaired) electrons. The highest BCUT2D eigenvalue weighted by Gasteiger charge is 2.28. The van der Waals surface area contributed by atoms with Gasteiger partial charge < -0.3 is 51.8 Å². The quantitative estimate of drug-likeness (QED) is 0.168. The van der Waals surface area contributed by atoms with Gasteiger partial charge in [0.1, 0.15) is 0 Å². The summed E-state index contributed by atoms with van der Waals surface area (Å²) in [7, 11) is -18.0. The predicted molar refractivity (Wildman–Crippen MR) is 126 cm³/mol. The molecule has 0 aromatic heterocycles. The van der Waals surface area contributed by atoms with E-state index in [0.29, 0.717) is 0 Å². The monoisotopic (exact) mass is 566 g/mol. The van der Waals surface area contributed by atoms with Crippen LogP contribution >= 0.6 is 0 Å². The van der Waals surface area contributed by atoms with Gasteiger partial charge in [0, 0.05) is 0 Å². The third-order valence-electron chi connectivity index (χ3n) is 3.77. The number of rotatable bonds is 3. The Morgan fingerprint density at radius 1 is 0.351 bits per heavy atom. The van der Waals surface area contributed by atoms with Gasteiger partial charge in [-0.15, -0.1) is 0 Å². The van der Waals surface area contributed by atoms with Crippen LogP contribution < -0.4 is 0 Å². The van der Waals surface area contributed by atoms with E-state index in [1.54, 1.807) is 0 Å². The smallest absolute Gasteiger partial charge is 0.418 e. The van der Waals surface area contributed by atoms with Crippen LogP contribution in [0.2, 0.25) is 0 Å². The average Bonchev–Trinajstić information content (AvgIpc) is 2.69. The van der Waals surface area contributed by atoms with E-state index in [1.807, 2.05) is 0 Å². The maximum absolute atomic E-state index is 9.75. The van der Waals surface area contributed by atoms with Gasteiger partial charge in [-0.05, 0) is 57.2 Å². The Morgan fingerprint density at radius 2 is 0.486 bits per heavy atom. The van der Waals surface area contributed by atoms with E-state index in [9.17, 15) is 51.8 Å². The van der Waals surface area contributed by atoms with Crippen LogP contribution in [0.15, 0.2) is 87.5 Å². The van der Waals surface area contributed by atoms with Gasteiger partial charge in [-0.25, -0.2) is 0 Å². The zero-order chi connectivity index (χ0) is 29.0. The molecule has 16 heteroatoms. The molecule has 0 heterocycles. The SMILES string of the molecule is Cc1ccc([S+](c2ccc(C)cc2)c2ccc(C)cc2)cc1.F[B-](F)(F)F.F[B-](F)(F)F.F[B-](F)(F)F. The lowest BCUT2D eigenvalue weighted by molar-refractivity contribution is 0.366. The average molecular weight is 566 g/mol. The minimum Gasteiger partial charge on any atom is -0.418 e. The van der Waals surface area contributed by atoms with E-state index in [2.05, 4.69) is 93.6 Å². The van der Waals surface area contributed by atoms with Crippen LogP contribution in [0, 0.1) is 20.8 Å². The summed E-state index contributed by atoms with van der Waals surface area (Å²) in [5.74, 6) is 0. The Labute approximate surface area is 209 Å². The number of hydrogen-bond donors (Lipinski definition) is 0. The first-order valence-electron chi connectivity index (χ1n) is 10.2. The largest absolute Gasteiger partial charge is 0.673 e. The molecule has 0 aliphatic heterocycles. The lowest BCUT2D eigenvalue weighted by Crippen LogP contribution is -2.04. The van der Waals surface area contributed by atoms with Crippen LogP contribution in [0.5, 0.6) is 0 Å². The lowest BCUT2D eigenvalue weighted by atomic mass is 10.2. The van der Waals surface area contributed by atoms with E-state index >= 15 is 0 Å². The Bertz CT molecular complexity index is 879. The van der Waals surface area contributed by atoms with Gasteiger partial charge in [0.15, 0.2) is 14.7 Å². The molecule has 0 atom stereocenters. The first kappa shape index (κ1) is 34.4. The van der Waals surface area contributed by atoms with Crippen molar-refractivity contribution in [2.24, 2.45) is 0 Å². The Hall–Kier alpha value is -2.64. The van der Waals surface area contributed by atoms with Crippen molar-refractivity contribution in [1.29, 1.82) is 0 Å². The number of benzene rings is 3. The second kappa shape index (κ2) is 14.9. The normalized spacial score (nSPS) is 11.4. The van der Waals surface area contributed by atoms with Crippen molar-refractivity contribution in [3.05, 3.63) is 89.5 Å². The van der Waals surface area contributed by atoms with E-state index < -0.39 is 21.8 Å². The number of aryl methyl sites for hydroxylation is 3. The minimum absolute atomic E-state index is 0.0394. The summed E-state index contributed by atoms with van der Waals surface area (Å²) in [4.78, 5) is 4.12. The van der Waals surface area contributed by atoms with Gasteiger partial charge in [-0.3, -0.25) is 0 Å². The summed E-state index contributed by atoms with van der Waals surface area (Å²) in [6, 6.07) is 26.8.